The van der Waals surface area contributed by atoms with Crippen molar-refractivity contribution in [3.8, 4) is 12.0 Å². The van der Waals surface area contributed by atoms with E-state index in [9.17, 15) is 19.2 Å². The number of nitrogens with zero attached hydrogens (tertiary/aromatic N) is 10. The van der Waals surface area contributed by atoms with Gasteiger partial charge in [-0.1, -0.05) is 90.1 Å². The van der Waals surface area contributed by atoms with Crippen molar-refractivity contribution in [3.05, 3.63) is 114 Å². The van der Waals surface area contributed by atoms with E-state index < -0.39 is 5.97 Å². The van der Waals surface area contributed by atoms with E-state index in [1.54, 1.807) is 18.8 Å². The first-order valence-electron chi connectivity index (χ1n) is 29.0. The Morgan fingerprint density at radius 1 is 0.617 bits per heavy atom. The van der Waals surface area contributed by atoms with E-state index in [4.69, 9.17) is 30.3 Å². The van der Waals surface area contributed by atoms with E-state index in [1.165, 1.54) is 50.7 Å². The van der Waals surface area contributed by atoms with E-state index in [0.29, 0.717) is 101 Å². The lowest BCUT2D eigenvalue weighted by Gasteiger charge is -2.30. The average Bonchev–Trinajstić information content (AvgIpc) is 4.34. The van der Waals surface area contributed by atoms with Crippen LogP contribution in [0, 0.1) is 11.8 Å². The maximum absolute atomic E-state index is 13.0. The van der Waals surface area contributed by atoms with Crippen LogP contribution in [0.15, 0.2) is 86.2 Å². The average molecular weight is 1110 g/mol. The van der Waals surface area contributed by atoms with Gasteiger partial charge >= 0.3 is 18.0 Å². The number of nitrogens with two attached hydrogens (primary N) is 1. The fourth-order valence-corrected chi connectivity index (χ4v) is 10.9. The number of likely N-dealkylation sites (tertiary alicyclic amines) is 2. The van der Waals surface area contributed by atoms with E-state index in [2.05, 4.69) is 77.7 Å². The molecule has 432 valence electrons. The standard InChI is InChI=1S/C31H40N6O3.C21H28N6O.C9H13NO3/c1-4-28(39)36-15-13-24(14-16-36)27(38)18-22-9-8-10-23(17-22)19-32-30-35-31(40-25-11-6-5-7-12-25)34-29-26(21(2)3)20-33-37(29)30;1-14(2)18-13-24-27-19(18)25-21(28-17-9-4-3-5-10-17)26-20(27)23-12-15-7-6-8-16(22)11-15;1-2-8(11)10-5-3-7(4-6-10)9(12)13/h4,8-10,17,20-21,24-25H,1,5-7,11-16,18-19H2,2-3H3,(H,32,34,35);6-8,11,13-14,17H,3-5,9-10,12,22H2,1-2H3,(H,23,25,26);2,7H,1,3-6H2,(H,12,13). The molecule has 4 aliphatic rings. The van der Waals surface area contributed by atoms with Crippen LogP contribution < -0.4 is 25.8 Å². The Hall–Kier alpha value is -7.90. The third kappa shape index (κ3) is 16.2. The van der Waals surface area contributed by atoms with Crippen LogP contribution in [-0.2, 0) is 38.7 Å². The van der Waals surface area contributed by atoms with Gasteiger partial charge in [-0.15, -0.1) is 0 Å². The molecule has 4 fully saturated rings. The first-order valence-corrected chi connectivity index (χ1v) is 29.0. The fraction of sp³-hybridized carbons (Fsp3) is 0.508. The minimum atomic E-state index is -0.759. The number of ether oxygens (including phenoxy) is 2. The van der Waals surface area contributed by atoms with Crippen LogP contribution in [0.5, 0.6) is 12.0 Å². The predicted molar refractivity (Wildman–Crippen MR) is 312 cm³/mol. The zero-order chi connectivity index (χ0) is 57.4. The van der Waals surface area contributed by atoms with Crippen LogP contribution in [0.3, 0.4) is 0 Å². The number of ketones is 1. The molecule has 2 saturated carbocycles. The van der Waals surface area contributed by atoms with Crippen molar-refractivity contribution in [2.75, 3.05) is 42.5 Å². The minimum absolute atomic E-state index is 0.0116. The van der Waals surface area contributed by atoms with Crippen molar-refractivity contribution < 1.29 is 33.8 Å². The number of rotatable bonds is 18. The number of Topliss-reactive ketones (excluding diaryl/α,β-unsaturated/α-hetero) is 1. The molecule has 2 aliphatic carbocycles. The molecule has 0 atom stereocenters. The van der Waals surface area contributed by atoms with Crippen LogP contribution in [0.4, 0.5) is 17.6 Å². The van der Waals surface area contributed by atoms with Crippen molar-refractivity contribution in [3.63, 3.8) is 0 Å². The van der Waals surface area contributed by atoms with Crippen molar-refractivity contribution >= 4 is 52.4 Å². The summed E-state index contributed by atoms with van der Waals surface area (Å²) >= 11 is 0. The number of carboxylic acids is 1. The lowest BCUT2D eigenvalue weighted by atomic mass is 9.89. The van der Waals surface area contributed by atoms with Gasteiger partial charge in [-0.2, -0.15) is 39.2 Å². The van der Waals surface area contributed by atoms with Gasteiger partial charge < -0.3 is 40.7 Å². The Morgan fingerprint density at radius 3 is 1.48 bits per heavy atom. The van der Waals surface area contributed by atoms with Gasteiger partial charge in [0.25, 0.3) is 0 Å². The SMILES string of the molecule is C=CC(=O)N1CCC(C(=O)Cc2cccc(CNc3nc(OC4CCCCC4)nc4c(C(C)C)cnn34)c2)CC1.C=CC(=O)N1CCC(C(=O)O)CC1.CC(C)c1cnn2c(NCc3cccc(N)c3)nc(OC3CCCCC3)nc12. The van der Waals surface area contributed by atoms with E-state index in [1.807, 2.05) is 54.9 Å². The first-order chi connectivity index (χ1) is 39.2. The fourth-order valence-electron chi connectivity index (χ4n) is 10.9. The predicted octanol–water partition coefficient (Wildman–Crippen LogP) is 9.76. The summed E-state index contributed by atoms with van der Waals surface area (Å²) in [6.07, 6.45) is 21.1. The Kier molecular flexibility index (Phi) is 20.8. The normalized spacial score (nSPS) is 16.5. The molecule has 20 heteroatoms. The van der Waals surface area contributed by atoms with E-state index in [0.717, 1.165) is 70.5 Å². The van der Waals surface area contributed by atoms with Crippen molar-refractivity contribution in [1.29, 1.82) is 0 Å². The highest BCUT2D eigenvalue weighted by Crippen LogP contribution is 2.29. The largest absolute Gasteiger partial charge is 0.481 e. The Morgan fingerprint density at radius 2 is 1.05 bits per heavy atom. The van der Waals surface area contributed by atoms with Crippen molar-refractivity contribution in [1.82, 2.24) is 49.0 Å². The van der Waals surface area contributed by atoms with Crippen LogP contribution in [0.2, 0.25) is 0 Å². The molecule has 2 amide bonds. The highest BCUT2D eigenvalue weighted by Gasteiger charge is 2.28. The molecule has 81 heavy (non-hydrogen) atoms. The molecular formula is C61H81N13O7. The summed E-state index contributed by atoms with van der Waals surface area (Å²) in [4.78, 5) is 68.7. The first kappa shape index (κ1) is 59.2. The van der Waals surface area contributed by atoms with E-state index in [-0.39, 0.29) is 47.6 Å². The summed E-state index contributed by atoms with van der Waals surface area (Å²) in [6.45, 7) is 18.9. The number of carbonyl (C=O) groups is 4. The second-order valence-corrected chi connectivity index (χ2v) is 22.3. The van der Waals surface area contributed by atoms with Gasteiger partial charge in [-0.05, 0) is 130 Å². The molecule has 6 heterocycles. The lowest BCUT2D eigenvalue weighted by molar-refractivity contribution is -0.144. The second-order valence-electron chi connectivity index (χ2n) is 22.3. The number of amides is 2. The molecule has 0 radical (unpaired) electrons. The molecule has 10 rings (SSSR count). The number of fused-ring (bicyclic) bond motifs is 2. The molecule has 20 nitrogen and oxygen atoms in total. The van der Waals surface area contributed by atoms with Gasteiger partial charge in [-0.25, -0.2) is 0 Å². The molecule has 2 saturated heterocycles. The maximum Gasteiger partial charge on any atom is 0.322 e. The molecule has 0 unspecified atom stereocenters. The second kappa shape index (κ2) is 28.5. The summed E-state index contributed by atoms with van der Waals surface area (Å²) in [7, 11) is 0. The van der Waals surface area contributed by atoms with Gasteiger partial charge in [0.1, 0.15) is 18.0 Å². The minimum Gasteiger partial charge on any atom is -0.481 e. The summed E-state index contributed by atoms with van der Waals surface area (Å²) in [6, 6.07) is 16.7. The number of nitrogen functional groups attached to an aromatic ring is 1. The number of piperidine rings is 2. The zero-order valence-corrected chi connectivity index (χ0v) is 47.6. The third-order valence-corrected chi connectivity index (χ3v) is 15.6. The molecule has 0 bridgehead atoms. The topological polar surface area (TPSA) is 250 Å². The molecule has 6 aromatic rings. The number of hydrogen-bond donors (Lipinski definition) is 4. The van der Waals surface area contributed by atoms with Gasteiger partial charge in [-0.3, -0.25) is 19.2 Å². The van der Waals surface area contributed by atoms with Gasteiger partial charge in [0.15, 0.2) is 11.3 Å². The number of aliphatic carboxylic acids is 1. The number of nitrogens with one attached hydrogen (secondary N) is 2. The molecule has 2 aliphatic heterocycles. The third-order valence-electron chi connectivity index (χ3n) is 15.6. The monoisotopic (exact) mass is 1110 g/mol. The number of carbonyl (C=O) groups excluding carboxylic acids is 3. The Balaban J connectivity index is 0.000000181. The summed E-state index contributed by atoms with van der Waals surface area (Å²) in [5.41, 5.74) is 13.5. The zero-order valence-electron chi connectivity index (χ0n) is 47.6. The summed E-state index contributed by atoms with van der Waals surface area (Å²) < 4.78 is 15.9. The number of anilines is 3. The Labute approximate surface area is 475 Å². The van der Waals surface area contributed by atoms with Gasteiger partial charge in [0.05, 0.1) is 18.3 Å². The van der Waals surface area contributed by atoms with Crippen LogP contribution >= 0.6 is 0 Å². The van der Waals surface area contributed by atoms with E-state index >= 15 is 0 Å². The number of hydrogen-bond acceptors (Lipinski definition) is 15. The Bertz CT molecular complexity index is 3110. The van der Waals surface area contributed by atoms with Crippen molar-refractivity contribution in [2.24, 2.45) is 11.8 Å². The highest BCUT2D eigenvalue weighted by molar-refractivity contribution is 5.88. The molecule has 5 N–H and O–H groups in total. The molecule has 4 aromatic heterocycles. The quantitative estimate of drug-likeness (QED) is 0.0462. The maximum atomic E-state index is 13.0. The highest BCUT2D eigenvalue weighted by atomic mass is 16.5. The van der Waals surface area contributed by atoms with Crippen LogP contribution in [0.25, 0.3) is 11.3 Å². The smallest absolute Gasteiger partial charge is 0.322 e. The number of aromatic nitrogens is 8. The summed E-state index contributed by atoms with van der Waals surface area (Å²) in [5, 5.41) is 24.6. The lowest BCUT2D eigenvalue weighted by Crippen LogP contribution is -2.39. The van der Waals surface area contributed by atoms with Crippen LogP contribution in [-0.4, -0.2) is 116 Å². The van der Waals surface area contributed by atoms with Crippen molar-refractivity contribution in [2.45, 2.75) is 161 Å². The van der Waals surface area contributed by atoms with Crippen LogP contribution in [0.1, 0.15) is 157 Å². The summed E-state index contributed by atoms with van der Waals surface area (Å²) in [5.74, 6) is 0.815. The number of carboxylic acid groups (broad SMARTS) is 1. The number of benzene rings is 2. The molecular weight excluding hydrogens is 1030 g/mol. The van der Waals surface area contributed by atoms with Gasteiger partial charge in [0.2, 0.25) is 23.7 Å². The van der Waals surface area contributed by atoms with Gasteiger partial charge in [0, 0.05) is 68.4 Å². The molecule has 0 spiro atoms. The molecule has 2 aromatic carbocycles.